The lowest BCUT2D eigenvalue weighted by atomic mass is 10.1. The zero-order valence-electron chi connectivity index (χ0n) is 15.5. The molecule has 2 aromatic rings. The maximum atomic E-state index is 12.4. The average Bonchev–Trinajstić information content (AvgIpc) is 2.64. The summed E-state index contributed by atoms with van der Waals surface area (Å²) in [6.45, 7) is 2.78. The third-order valence-corrected chi connectivity index (χ3v) is 4.54. The van der Waals surface area contributed by atoms with Crippen LogP contribution < -0.4 is 15.0 Å². The molecule has 1 aliphatic rings. The summed E-state index contributed by atoms with van der Waals surface area (Å²) in [7, 11) is 4.00. The summed E-state index contributed by atoms with van der Waals surface area (Å²) in [5.41, 5.74) is 2.27. The van der Waals surface area contributed by atoms with Gasteiger partial charge >= 0.3 is 0 Å². The Labute approximate surface area is 155 Å². The Bertz CT molecular complexity index is 718. The molecule has 0 bridgehead atoms. The molecule has 1 N–H and O–H groups in total. The predicted molar refractivity (Wildman–Crippen MR) is 105 cm³/mol. The van der Waals surface area contributed by atoms with Crippen LogP contribution in [-0.2, 0) is 11.3 Å². The highest BCUT2D eigenvalue weighted by Crippen LogP contribution is 2.35. The molecule has 26 heavy (non-hydrogen) atoms. The number of anilines is 1. The minimum absolute atomic E-state index is 0.0180. The molecule has 138 valence electrons. The summed E-state index contributed by atoms with van der Waals surface area (Å²) in [5.74, 6) is 0.950. The standard InChI is InChI=1S/C21H27N3O2/c1-23(2)13-12-22-21(25)14-18-16-26-20-11-7-6-10-19(20)24(18)15-17-8-4-3-5-9-17/h3-11,18H,12-16H2,1-2H3,(H,22,25). The summed E-state index contributed by atoms with van der Waals surface area (Å²) in [6, 6.07) is 18.4. The summed E-state index contributed by atoms with van der Waals surface area (Å²) < 4.78 is 5.92. The molecule has 0 saturated heterocycles. The van der Waals surface area contributed by atoms with Gasteiger partial charge in [0.05, 0.1) is 18.2 Å². The topological polar surface area (TPSA) is 44.8 Å². The first-order chi connectivity index (χ1) is 12.6. The number of amides is 1. The van der Waals surface area contributed by atoms with Crippen LogP contribution in [-0.4, -0.2) is 50.6 Å². The molecular formula is C21H27N3O2. The van der Waals surface area contributed by atoms with Crippen molar-refractivity contribution in [3.8, 4) is 5.75 Å². The van der Waals surface area contributed by atoms with E-state index in [-0.39, 0.29) is 11.9 Å². The van der Waals surface area contributed by atoms with Crippen LogP contribution in [0.2, 0.25) is 0 Å². The SMILES string of the molecule is CN(C)CCNC(=O)CC1COc2ccccc2N1Cc1ccccc1. The summed E-state index contributed by atoms with van der Waals surface area (Å²) in [6.07, 6.45) is 0.425. The second-order valence-corrected chi connectivity index (χ2v) is 6.90. The highest BCUT2D eigenvalue weighted by Gasteiger charge is 2.29. The fraction of sp³-hybridized carbons (Fsp3) is 0.381. The number of hydrogen-bond acceptors (Lipinski definition) is 4. The normalized spacial score (nSPS) is 16.1. The highest BCUT2D eigenvalue weighted by atomic mass is 16.5. The Morgan fingerprint density at radius 2 is 1.88 bits per heavy atom. The lowest BCUT2D eigenvalue weighted by molar-refractivity contribution is -0.121. The van der Waals surface area contributed by atoms with Crippen molar-refractivity contribution in [2.45, 2.75) is 19.0 Å². The van der Waals surface area contributed by atoms with Gasteiger partial charge in [-0.15, -0.1) is 0 Å². The third kappa shape index (κ3) is 4.76. The predicted octanol–water partition coefficient (Wildman–Crippen LogP) is 2.52. The number of carbonyl (C=O) groups excluding carboxylic acids is 1. The van der Waals surface area contributed by atoms with Crippen LogP contribution in [0.5, 0.6) is 5.75 Å². The van der Waals surface area contributed by atoms with E-state index in [1.807, 2.05) is 50.5 Å². The van der Waals surface area contributed by atoms with E-state index in [4.69, 9.17) is 4.74 Å². The number of para-hydroxylation sites is 2. The molecule has 0 radical (unpaired) electrons. The molecule has 0 aromatic heterocycles. The zero-order chi connectivity index (χ0) is 18.4. The van der Waals surface area contributed by atoms with E-state index in [1.165, 1.54) is 5.56 Å². The van der Waals surface area contributed by atoms with Gasteiger partial charge in [-0.3, -0.25) is 4.79 Å². The number of hydrogen-bond donors (Lipinski definition) is 1. The highest BCUT2D eigenvalue weighted by molar-refractivity contribution is 5.77. The third-order valence-electron chi connectivity index (χ3n) is 4.54. The van der Waals surface area contributed by atoms with Crippen molar-refractivity contribution >= 4 is 11.6 Å². The maximum absolute atomic E-state index is 12.4. The van der Waals surface area contributed by atoms with Gasteiger partial charge in [0, 0.05) is 19.6 Å². The average molecular weight is 353 g/mol. The van der Waals surface area contributed by atoms with Gasteiger partial charge in [0.25, 0.3) is 0 Å². The van der Waals surface area contributed by atoms with E-state index < -0.39 is 0 Å². The quantitative estimate of drug-likeness (QED) is 0.831. The smallest absolute Gasteiger partial charge is 0.222 e. The van der Waals surface area contributed by atoms with E-state index in [0.29, 0.717) is 19.6 Å². The molecule has 0 saturated carbocycles. The first-order valence-electron chi connectivity index (χ1n) is 9.07. The Morgan fingerprint density at radius 1 is 1.15 bits per heavy atom. The number of fused-ring (bicyclic) bond motifs is 1. The largest absolute Gasteiger partial charge is 0.489 e. The van der Waals surface area contributed by atoms with Gasteiger partial charge in [0.1, 0.15) is 12.4 Å². The summed E-state index contributed by atoms with van der Waals surface area (Å²) in [5, 5.41) is 3.01. The van der Waals surface area contributed by atoms with Crippen molar-refractivity contribution in [2.24, 2.45) is 0 Å². The van der Waals surface area contributed by atoms with E-state index in [0.717, 1.165) is 24.5 Å². The number of rotatable bonds is 7. The second kappa shape index (κ2) is 8.72. The number of benzene rings is 2. The fourth-order valence-corrected chi connectivity index (χ4v) is 3.16. The number of carbonyl (C=O) groups is 1. The molecule has 2 aromatic carbocycles. The summed E-state index contributed by atoms with van der Waals surface area (Å²) >= 11 is 0. The van der Waals surface area contributed by atoms with Crippen molar-refractivity contribution in [1.29, 1.82) is 0 Å². The van der Waals surface area contributed by atoms with E-state index in [2.05, 4.69) is 33.3 Å². The van der Waals surface area contributed by atoms with Crippen LogP contribution in [0, 0.1) is 0 Å². The monoisotopic (exact) mass is 353 g/mol. The van der Waals surface area contributed by atoms with Gasteiger partial charge in [-0.2, -0.15) is 0 Å². The molecule has 1 unspecified atom stereocenters. The van der Waals surface area contributed by atoms with Crippen molar-refractivity contribution in [1.82, 2.24) is 10.2 Å². The zero-order valence-corrected chi connectivity index (χ0v) is 15.5. The van der Waals surface area contributed by atoms with Crippen molar-refractivity contribution in [2.75, 3.05) is 38.7 Å². The van der Waals surface area contributed by atoms with E-state index >= 15 is 0 Å². The Morgan fingerprint density at radius 3 is 2.65 bits per heavy atom. The molecular weight excluding hydrogens is 326 g/mol. The molecule has 5 heteroatoms. The van der Waals surface area contributed by atoms with Gasteiger partial charge in [-0.05, 0) is 31.8 Å². The van der Waals surface area contributed by atoms with Crippen LogP contribution >= 0.6 is 0 Å². The number of nitrogens with one attached hydrogen (secondary N) is 1. The minimum Gasteiger partial charge on any atom is -0.489 e. The number of ether oxygens (including phenoxy) is 1. The first-order valence-corrected chi connectivity index (χ1v) is 9.07. The van der Waals surface area contributed by atoms with Crippen LogP contribution in [0.4, 0.5) is 5.69 Å². The first kappa shape index (κ1) is 18.3. The molecule has 3 rings (SSSR count). The molecule has 1 heterocycles. The van der Waals surface area contributed by atoms with Gasteiger partial charge in [-0.25, -0.2) is 0 Å². The Hall–Kier alpha value is -2.53. The van der Waals surface area contributed by atoms with Gasteiger partial charge in [0.15, 0.2) is 0 Å². The molecule has 1 aliphatic heterocycles. The van der Waals surface area contributed by atoms with Crippen LogP contribution in [0.15, 0.2) is 54.6 Å². The molecule has 1 amide bonds. The lowest BCUT2D eigenvalue weighted by Gasteiger charge is -2.38. The number of nitrogens with zero attached hydrogens (tertiary/aromatic N) is 2. The Balaban J connectivity index is 1.72. The van der Waals surface area contributed by atoms with Crippen LogP contribution in [0.1, 0.15) is 12.0 Å². The van der Waals surface area contributed by atoms with Gasteiger partial charge in [0.2, 0.25) is 5.91 Å². The van der Waals surface area contributed by atoms with Gasteiger partial charge in [-0.1, -0.05) is 42.5 Å². The van der Waals surface area contributed by atoms with E-state index in [9.17, 15) is 4.79 Å². The van der Waals surface area contributed by atoms with E-state index in [1.54, 1.807) is 0 Å². The number of likely N-dealkylation sites (N-methyl/N-ethyl adjacent to an activating group) is 1. The van der Waals surface area contributed by atoms with Crippen LogP contribution in [0.25, 0.3) is 0 Å². The van der Waals surface area contributed by atoms with Crippen LogP contribution in [0.3, 0.4) is 0 Å². The van der Waals surface area contributed by atoms with Crippen molar-refractivity contribution < 1.29 is 9.53 Å². The molecule has 0 aliphatic carbocycles. The molecule has 1 atom stereocenters. The van der Waals surface area contributed by atoms with Crippen molar-refractivity contribution in [3.05, 3.63) is 60.2 Å². The second-order valence-electron chi connectivity index (χ2n) is 6.90. The molecule has 0 fully saturated rings. The molecule has 5 nitrogen and oxygen atoms in total. The Kier molecular flexibility index (Phi) is 6.12. The lowest BCUT2D eigenvalue weighted by Crippen LogP contribution is -2.46. The minimum atomic E-state index is 0.0180. The van der Waals surface area contributed by atoms with Gasteiger partial charge < -0.3 is 19.9 Å². The fourth-order valence-electron chi connectivity index (χ4n) is 3.16. The van der Waals surface area contributed by atoms with Crippen molar-refractivity contribution in [3.63, 3.8) is 0 Å². The summed E-state index contributed by atoms with van der Waals surface area (Å²) in [4.78, 5) is 16.7. The molecule has 0 spiro atoms. The maximum Gasteiger partial charge on any atom is 0.222 e.